The first-order chi connectivity index (χ1) is 8.08. The number of carbonyl (C=O) groups is 1. The number of anilines is 2. The maximum Gasteiger partial charge on any atom is 0.273 e. The number of benzene rings is 1. The van der Waals surface area contributed by atoms with Gasteiger partial charge in [-0.05, 0) is 24.3 Å². The highest BCUT2D eigenvalue weighted by Crippen LogP contribution is 2.16. The summed E-state index contributed by atoms with van der Waals surface area (Å²) in [4.78, 5) is 11.8. The zero-order valence-corrected chi connectivity index (χ0v) is 9.14. The van der Waals surface area contributed by atoms with Crippen molar-refractivity contribution in [1.29, 1.82) is 0 Å². The third kappa shape index (κ3) is 2.25. The Morgan fingerprint density at radius 1 is 1.47 bits per heavy atom. The predicted octanol–water partition coefficient (Wildman–Crippen LogP) is 1.39. The van der Waals surface area contributed by atoms with E-state index >= 15 is 0 Å². The third-order valence-electron chi connectivity index (χ3n) is 2.31. The van der Waals surface area contributed by atoms with Gasteiger partial charge in [-0.15, -0.1) is 0 Å². The summed E-state index contributed by atoms with van der Waals surface area (Å²) in [6.07, 6.45) is 1.52. The Balaban J connectivity index is 2.19. The maximum absolute atomic E-state index is 12.9. The Bertz CT molecular complexity index is 564. The van der Waals surface area contributed by atoms with E-state index < -0.39 is 5.82 Å². The van der Waals surface area contributed by atoms with Gasteiger partial charge in [0.2, 0.25) is 0 Å². The van der Waals surface area contributed by atoms with Crippen molar-refractivity contribution < 1.29 is 9.18 Å². The Labute approximate surface area is 97.0 Å². The average molecular weight is 234 g/mol. The normalized spacial score (nSPS) is 10.2. The topological polar surface area (TPSA) is 72.9 Å². The summed E-state index contributed by atoms with van der Waals surface area (Å²) in [5.41, 5.74) is 6.24. The number of rotatable bonds is 2. The fourth-order valence-electron chi connectivity index (χ4n) is 1.41. The number of nitrogens with one attached hydrogen (secondary N) is 1. The molecule has 2 aromatic rings. The molecule has 0 aliphatic carbocycles. The van der Waals surface area contributed by atoms with E-state index in [-0.39, 0.29) is 11.6 Å². The van der Waals surface area contributed by atoms with Crippen molar-refractivity contribution in [2.24, 2.45) is 7.05 Å². The lowest BCUT2D eigenvalue weighted by molar-refractivity contribution is 0.101. The molecule has 0 aliphatic heterocycles. The minimum atomic E-state index is -0.511. The van der Waals surface area contributed by atoms with E-state index in [9.17, 15) is 9.18 Å². The number of carbonyl (C=O) groups excluding carboxylic acids is 1. The van der Waals surface area contributed by atoms with Gasteiger partial charge in [-0.1, -0.05) is 0 Å². The number of aryl methyl sites for hydroxylation is 1. The van der Waals surface area contributed by atoms with Crippen LogP contribution in [-0.4, -0.2) is 15.7 Å². The summed E-state index contributed by atoms with van der Waals surface area (Å²) in [5.74, 6) is -0.834. The number of nitrogens with zero attached hydrogens (tertiary/aromatic N) is 2. The Morgan fingerprint density at radius 2 is 2.24 bits per heavy atom. The highest BCUT2D eigenvalue weighted by atomic mass is 19.1. The van der Waals surface area contributed by atoms with Crippen LogP contribution in [0, 0.1) is 5.82 Å². The summed E-state index contributed by atoms with van der Waals surface area (Å²) in [6.45, 7) is 0. The number of nitrogens with two attached hydrogens (primary N) is 1. The molecule has 0 atom stereocenters. The number of aromatic nitrogens is 2. The first-order valence-corrected chi connectivity index (χ1v) is 4.92. The SMILES string of the molecule is Cn1nccc1C(=O)Nc1ccc(F)c(N)c1. The molecule has 17 heavy (non-hydrogen) atoms. The Hall–Kier alpha value is -2.37. The molecular formula is C11H11FN4O. The molecule has 0 saturated heterocycles. The van der Waals surface area contributed by atoms with Crippen LogP contribution in [0.1, 0.15) is 10.5 Å². The summed E-state index contributed by atoms with van der Waals surface area (Å²) in [7, 11) is 1.66. The molecule has 0 bridgehead atoms. The molecule has 0 aliphatic rings. The van der Waals surface area contributed by atoms with Crippen LogP contribution in [0.15, 0.2) is 30.5 Å². The molecule has 1 heterocycles. The third-order valence-corrected chi connectivity index (χ3v) is 2.31. The number of hydrogen-bond donors (Lipinski definition) is 2. The van der Waals surface area contributed by atoms with Gasteiger partial charge in [0.25, 0.3) is 5.91 Å². The van der Waals surface area contributed by atoms with Crippen molar-refractivity contribution in [2.75, 3.05) is 11.1 Å². The summed E-state index contributed by atoms with van der Waals surface area (Å²) < 4.78 is 14.4. The molecule has 0 radical (unpaired) electrons. The molecule has 88 valence electrons. The summed E-state index contributed by atoms with van der Waals surface area (Å²) in [6, 6.07) is 5.60. The van der Waals surface area contributed by atoms with Gasteiger partial charge in [0.05, 0.1) is 5.69 Å². The maximum atomic E-state index is 12.9. The molecule has 2 rings (SSSR count). The van der Waals surface area contributed by atoms with Crippen molar-refractivity contribution in [3.05, 3.63) is 42.0 Å². The van der Waals surface area contributed by atoms with E-state index in [2.05, 4.69) is 10.4 Å². The van der Waals surface area contributed by atoms with Gasteiger partial charge in [-0.25, -0.2) is 4.39 Å². The number of hydrogen-bond acceptors (Lipinski definition) is 3. The van der Waals surface area contributed by atoms with E-state index in [1.807, 2.05) is 0 Å². The van der Waals surface area contributed by atoms with Crippen LogP contribution < -0.4 is 11.1 Å². The fourth-order valence-corrected chi connectivity index (χ4v) is 1.41. The Morgan fingerprint density at radius 3 is 2.82 bits per heavy atom. The molecule has 3 N–H and O–H groups in total. The first kappa shape index (κ1) is 11.1. The van der Waals surface area contributed by atoms with Crippen LogP contribution in [0.25, 0.3) is 0 Å². The van der Waals surface area contributed by atoms with Crippen LogP contribution >= 0.6 is 0 Å². The van der Waals surface area contributed by atoms with E-state index in [0.29, 0.717) is 11.4 Å². The minimum absolute atomic E-state index is 0.00666. The van der Waals surface area contributed by atoms with Crippen LogP contribution in [0.4, 0.5) is 15.8 Å². The molecule has 0 fully saturated rings. The van der Waals surface area contributed by atoms with E-state index in [0.717, 1.165) is 0 Å². The van der Waals surface area contributed by atoms with Crippen LogP contribution in [-0.2, 0) is 7.05 Å². The van der Waals surface area contributed by atoms with Crippen LogP contribution in [0.5, 0.6) is 0 Å². The van der Waals surface area contributed by atoms with Crippen LogP contribution in [0.2, 0.25) is 0 Å². The van der Waals surface area contributed by atoms with Crippen molar-refractivity contribution in [3.63, 3.8) is 0 Å². The summed E-state index contributed by atoms with van der Waals surface area (Å²) in [5, 5.41) is 6.49. The lowest BCUT2D eigenvalue weighted by Gasteiger charge is -2.06. The highest BCUT2D eigenvalue weighted by Gasteiger charge is 2.10. The molecular weight excluding hydrogens is 223 g/mol. The molecule has 0 saturated carbocycles. The zero-order valence-electron chi connectivity index (χ0n) is 9.14. The Kier molecular flexibility index (Phi) is 2.78. The standard InChI is InChI=1S/C11H11FN4O/c1-16-10(4-5-14-16)11(17)15-7-2-3-8(12)9(13)6-7/h2-6H,13H2,1H3,(H,15,17). The smallest absolute Gasteiger partial charge is 0.273 e. The van der Waals surface area contributed by atoms with Gasteiger partial charge in [-0.2, -0.15) is 5.10 Å². The first-order valence-electron chi connectivity index (χ1n) is 4.92. The molecule has 0 spiro atoms. The average Bonchev–Trinajstić information content (AvgIpc) is 2.70. The molecule has 0 unspecified atom stereocenters. The van der Waals surface area contributed by atoms with E-state index in [4.69, 9.17) is 5.73 Å². The number of nitrogen functional groups attached to an aromatic ring is 1. The number of amides is 1. The lowest BCUT2D eigenvalue weighted by Crippen LogP contribution is -2.16. The number of halogens is 1. The monoisotopic (exact) mass is 234 g/mol. The van der Waals surface area contributed by atoms with E-state index in [1.165, 1.54) is 29.1 Å². The largest absolute Gasteiger partial charge is 0.396 e. The second-order valence-electron chi connectivity index (χ2n) is 3.53. The summed E-state index contributed by atoms with van der Waals surface area (Å²) >= 11 is 0. The highest BCUT2D eigenvalue weighted by molar-refractivity contribution is 6.03. The molecule has 6 heteroatoms. The zero-order chi connectivity index (χ0) is 12.4. The van der Waals surface area contributed by atoms with Crippen LogP contribution in [0.3, 0.4) is 0 Å². The lowest BCUT2D eigenvalue weighted by atomic mass is 10.2. The van der Waals surface area contributed by atoms with Gasteiger partial charge < -0.3 is 11.1 Å². The van der Waals surface area contributed by atoms with Gasteiger partial charge in [0.1, 0.15) is 11.5 Å². The van der Waals surface area contributed by atoms with Gasteiger partial charge >= 0.3 is 0 Å². The minimum Gasteiger partial charge on any atom is -0.396 e. The second-order valence-corrected chi connectivity index (χ2v) is 3.53. The van der Waals surface area contributed by atoms with Gasteiger partial charge in [-0.3, -0.25) is 9.48 Å². The second kappa shape index (κ2) is 4.25. The molecule has 1 aromatic carbocycles. The van der Waals surface area contributed by atoms with Gasteiger partial charge in [0, 0.05) is 18.9 Å². The molecule has 5 nitrogen and oxygen atoms in total. The van der Waals surface area contributed by atoms with Gasteiger partial charge in [0.15, 0.2) is 0 Å². The quantitative estimate of drug-likeness (QED) is 0.771. The molecule has 1 amide bonds. The van der Waals surface area contributed by atoms with Crippen molar-refractivity contribution in [2.45, 2.75) is 0 Å². The predicted molar refractivity (Wildman–Crippen MR) is 62.0 cm³/mol. The van der Waals surface area contributed by atoms with Crippen molar-refractivity contribution in [3.8, 4) is 0 Å². The van der Waals surface area contributed by atoms with Crippen molar-refractivity contribution >= 4 is 17.3 Å². The van der Waals surface area contributed by atoms with Crippen molar-refractivity contribution in [1.82, 2.24) is 9.78 Å². The fraction of sp³-hybridized carbons (Fsp3) is 0.0909. The molecule has 1 aromatic heterocycles. The van der Waals surface area contributed by atoms with E-state index in [1.54, 1.807) is 13.1 Å².